The molecule has 1 heterocycles. The number of hydrogen-bond donors (Lipinski definition) is 2. The summed E-state index contributed by atoms with van der Waals surface area (Å²) in [6.45, 7) is 10.5. The predicted octanol–water partition coefficient (Wildman–Crippen LogP) is 3.37. The molecule has 0 aromatic carbocycles. The number of rotatable bonds is 15. The topological polar surface area (TPSA) is 130 Å². The van der Waals surface area contributed by atoms with E-state index < -0.39 is 25.4 Å². The molecule has 11 heteroatoms. The van der Waals surface area contributed by atoms with Crippen LogP contribution in [0.4, 0.5) is 0 Å². The molecule has 0 fully saturated rings. The number of methoxy groups -OCH3 is 1. The van der Waals surface area contributed by atoms with E-state index in [0.29, 0.717) is 18.4 Å². The lowest BCUT2D eigenvalue weighted by Crippen LogP contribution is -2.41. The van der Waals surface area contributed by atoms with E-state index in [0.717, 1.165) is 6.26 Å². The fourth-order valence-corrected chi connectivity index (χ4v) is 5.03. The van der Waals surface area contributed by atoms with Gasteiger partial charge in [0.2, 0.25) is 0 Å². The molecule has 0 aliphatic carbocycles. The summed E-state index contributed by atoms with van der Waals surface area (Å²) in [6, 6.07) is 2.37. The third kappa shape index (κ3) is 9.03. The van der Waals surface area contributed by atoms with Gasteiger partial charge in [-0.15, -0.1) is 0 Å². The number of aromatic amines is 1. The quantitative estimate of drug-likeness (QED) is 0.220. The Balaban J connectivity index is 3.12. The smallest absolute Gasteiger partial charge is 0.328 e. The van der Waals surface area contributed by atoms with Crippen LogP contribution in [0.25, 0.3) is 0 Å². The lowest BCUT2D eigenvalue weighted by atomic mass is 9.96. The monoisotopic (exact) mass is 484 g/mol. The maximum atomic E-state index is 12.2. The van der Waals surface area contributed by atoms with Crippen molar-refractivity contribution in [1.29, 1.82) is 5.26 Å². The number of aliphatic hydroxyl groups excluding tert-OH is 1. The van der Waals surface area contributed by atoms with E-state index in [4.69, 9.17) is 19.0 Å². The second-order valence-corrected chi connectivity index (χ2v) is 9.76. The molecule has 1 aromatic heterocycles. The molecule has 1 aromatic rings. The molecular formula is C22H37N4O6P. The van der Waals surface area contributed by atoms with Gasteiger partial charge in [0.05, 0.1) is 37.6 Å². The Morgan fingerprint density at radius 3 is 2.52 bits per heavy atom. The van der Waals surface area contributed by atoms with Crippen LogP contribution in [-0.4, -0.2) is 57.3 Å². The maximum absolute atomic E-state index is 12.2. The zero-order valence-electron chi connectivity index (χ0n) is 20.4. The van der Waals surface area contributed by atoms with Crippen molar-refractivity contribution < 1.29 is 18.9 Å². The van der Waals surface area contributed by atoms with Crippen molar-refractivity contribution in [2.45, 2.75) is 78.1 Å². The SMILES string of the molecule is COC(CC=CO)(CCn1cc(C)c(=O)[nH]c1=O)COP(OCCC#N)N(C(C)C)C(C)C. The van der Waals surface area contributed by atoms with Gasteiger partial charge in [-0.1, -0.05) is 0 Å². The van der Waals surface area contributed by atoms with E-state index in [9.17, 15) is 14.7 Å². The molecule has 1 rings (SSSR count). The van der Waals surface area contributed by atoms with Gasteiger partial charge in [-0.2, -0.15) is 5.26 Å². The van der Waals surface area contributed by atoms with Gasteiger partial charge in [-0.3, -0.25) is 9.78 Å². The van der Waals surface area contributed by atoms with E-state index in [1.807, 2.05) is 0 Å². The summed E-state index contributed by atoms with van der Waals surface area (Å²) in [5.41, 5.74) is -1.34. The van der Waals surface area contributed by atoms with Crippen molar-refractivity contribution in [2.75, 3.05) is 20.3 Å². The molecule has 0 saturated heterocycles. The number of nitrogens with zero attached hydrogens (tertiary/aromatic N) is 3. The first-order valence-electron chi connectivity index (χ1n) is 11.0. The highest BCUT2D eigenvalue weighted by atomic mass is 31.2. The van der Waals surface area contributed by atoms with Crippen molar-refractivity contribution in [3.8, 4) is 6.07 Å². The van der Waals surface area contributed by atoms with Crippen LogP contribution < -0.4 is 11.2 Å². The molecule has 0 saturated carbocycles. The van der Waals surface area contributed by atoms with E-state index in [1.165, 1.54) is 10.8 Å². The Kier molecular flexibility index (Phi) is 12.6. The standard InChI is InChI=1S/C22H37N4O6P/c1-17(2)26(18(3)4)33(31-14-8-11-23)32-16-22(30-6,9-7-13-27)10-12-25-15-19(5)20(28)24-21(25)29/h7,13,15,17-18,27H,8-10,12,14,16H2,1-6H3,(H,24,28,29). The zero-order chi connectivity index (χ0) is 25.0. The summed E-state index contributed by atoms with van der Waals surface area (Å²) in [5, 5.41) is 18.1. The van der Waals surface area contributed by atoms with Gasteiger partial charge in [0.25, 0.3) is 14.1 Å². The number of hydrogen-bond acceptors (Lipinski definition) is 8. The number of aromatic nitrogens is 2. The molecule has 10 nitrogen and oxygen atoms in total. The minimum absolute atomic E-state index is 0.138. The molecule has 0 radical (unpaired) electrons. The number of nitrogens with one attached hydrogen (secondary N) is 1. The summed E-state index contributed by atoms with van der Waals surface area (Å²) in [7, 11) is 0.0718. The van der Waals surface area contributed by atoms with E-state index in [1.54, 1.807) is 20.1 Å². The fraction of sp³-hybridized carbons (Fsp3) is 0.682. The van der Waals surface area contributed by atoms with E-state index in [-0.39, 0.29) is 38.3 Å². The molecule has 2 N–H and O–H groups in total. The van der Waals surface area contributed by atoms with Crippen LogP contribution in [0, 0.1) is 18.3 Å². The molecule has 0 spiro atoms. The molecule has 2 unspecified atom stereocenters. The van der Waals surface area contributed by atoms with Crippen molar-refractivity contribution >= 4 is 8.53 Å². The second-order valence-electron chi connectivity index (χ2n) is 8.31. The normalized spacial score (nSPS) is 14.8. The second kappa shape index (κ2) is 14.3. The summed E-state index contributed by atoms with van der Waals surface area (Å²) >= 11 is 0. The third-order valence-electron chi connectivity index (χ3n) is 5.13. The highest BCUT2D eigenvalue weighted by Gasteiger charge is 2.34. The highest BCUT2D eigenvalue weighted by molar-refractivity contribution is 7.44. The molecule has 0 amide bonds. The number of aryl methyl sites for hydroxylation is 2. The summed E-state index contributed by atoms with van der Waals surface area (Å²) in [6.07, 6.45) is 5.00. The van der Waals surface area contributed by atoms with Crippen molar-refractivity contribution in [1.82, 2.24) is 14.2 Å². The minimum atomic E-state index is -1.48. The predicted molar refractivity (Wildman–Crippen MR) is 128 cm³/mol. The zero-order valence-corrected chi connectivity index (χ0v) is 21.3. The molecular weight excluding hydrogens is 447 g/mol. The van der Waals surface area contributed by atoms with Crippen LogP contribution in [0.3, 0.4) is 0 Å². The van der Waals surface area contributed by atoms with Crippen molar-refractivity contribution in [2.24, 2.45) is 0 Å². The summed E-state index contributed by atoms with van der Waals surface area (Å²) < 4.78 is 21.6. The third-order valence-corrected chi connectivity index (χ3v) is 7.18. The summed E-state index contributed by atoms with van der Waals surface area (Å²) in [4.78, 5) is 26.2. The van der Waals surface area contributed by atoms with Gasteiger partial charge in [-0.25, -0.2) is 9.46 Å². The van der Waals surface area contributed by atoms with Crippen molar-refractivity contribution in [3.63, 3.8) is 0 Å². The minimum Gasteiger partial charge on any atom is -0.516 e. The first kappa shape index (κ1) is 29.0. The average Bonchev–Trinajstić information content (AvgIpc) is 2.76. The summed E-state index contributed by atoms with van der Waals surface area (Å²) in [5.74, 6) is 0. The fourth-order valence-electron chi connectivity index (χ4n) is 3.34. The lowest BCUT2D eigenvalue weighted by Gasteiger charge is -2.38. The molecule has 2 atom stereocenters. The van der Waals surface area contributed by atoms with Gasteiger partial charge in [0.1, 0.15) is 0 Å². The van der Waals surface area contributed by atoms with Gasteiger partial charge in [-0.05, 0) is 53.5 Å². The number of nitriles is 1. The Bertz CT molecular complexity index is 899. The van der Waals surface area contributed by atoms with Gasteiger partial charge < -0.3 is 23.5 Å². The van der Waals surface area contributed by atoms with Crippen LogP contribution in [0.15, 0.2) is 28.1 Å². The Morgan fingerprint density at radius 1 is 1.30 bits per heavy atom. The Morgan fingerprint density at radius 2 is 1.97 bits per heavy atom. The van der Waals surface area contributed by atoms with Gasteiger partial charge in [0.15, 0.2) is 0 Å². The molecule has 0 aliphatic rings. The number of H-pyrrole nitrogens is 1. The lowest BCUT2D eigenvalue weighted by molar-refractivity contribution is -0.0543. The first-order valence-corrected chi connectivity index (χ1v) is 12.1. The van der Waals surface area contributed by atoms with Gasteiger partial charge >= 0.3 is 5.69 Å². The van der Waals surface area contributed by atoms with Crippen LogP contribution in [0.2, 0.25) is 0 Å². The van der Waals surface area contributed by atoms with Gasteiger partial charge in [0, 0.05) is 37.5 Å². The van der Waals surface area contributed by atoms with Crippen LogP contribution in [0.1, 0.15) is 52.5 Å². The van der Waals surface area contributed by atoms with E-state index >= 15 is 0 Å². The number of aliphatic hydroxyl groups is 1. The molecule has 0 aliphatic heterocycles. The van der Waals surface area contributed by atoms with Crippen molar-refractivity contribution in [3.05, 3.63) is 44.9 Å². The highest BCUT2D eigenvalue weighted by Crippen LogP contribution is 2.47. The van der Waals surface area contributed by atoms with Crippen LogP contribution >= 0.6 is 8.53 Å². The van der Waals surface area contributed by atoms with Crippen LogP contribution in [-0.2, 0) is 20.3 Å². The average molecular weight is 485 g/mol. The largest absolute Gasteiger partial charge is 0.516 e. The first-order chi connectivity index (χ1) is 15.6. The molecule has 33 heavy (non-hydrogen) atoms. The molecule has 186 valence electrons. The van der Waals surface area contributed by atoms with Crippen LogP contribution in [0.5, 0.6) is 0 Å². The molecule has 0 bridgehead atoms. The van der Waals surface area contributed by atoms with E-state index in [2.05, 4.69) is 43.4 Å². The Labute approximate surface area is 196 Å². The number of ether oxygens (including phenoxy) is 1. The Hall–Kier alpha value is -2.02. The maximum Gasteiger partial charge on any atom is 0.328 e.